The Morgan fingerprint density at radius 2 is 1.86 bits per heavy atom. The number of benzene rings is 2. The van der Waals surface area contributed by atoms with Crippen LogP contribution in [0.1, 0.15) is 12.5 Å². The summed E-state index contributed by atoms with van der Waals surface area (Å²) in [6, 6.07) is 15.0. The third kappa shape index (κ3) is 4.80. The van der Waals surface area contributed by atoms with Crippen molar-refractivity contribution in [3.8, 4) is 23.3 Å². The molecule has 9 heteroatoms. The molecule has 29 heavy (non-hydrogen) atoms. The van der Waals surface area contributed by atoms with E-state index >= 15 is 0 Å². The number of rotatable bonds is 7. The molecule has 0 aliphatic rings. The molecule has 148 valence electrons. The number of para-hydroxylation sites is 2. The van der Waals surface area contributed by atoms with Gasteiger partial charge >= 0.3 is 0 Å². The topological polar surface area (TPSA) is 101 Å². The van der Waals surface area contributed by atoms with E-state index in [1.807, 2.05) is 13.0 Å². The average molecular weight is 413 g/mol. The Kier molecular flexibility index (Phi) is 5.95. The van der Waals surface area contributed by atoms with Gasteiger partial charge < -0.3 is 9.47 Å². The summed E-state index contributed by atoms with van der Waals surface area (Å²) in [5.74, 6) is 0.442. The summed E-state index contributed by atoms with van der Waals surface area (Å²) in [6.07, 6.45) is 0.894. The van der Waals surface area contributed by atoms with Gasteiger partial charge in [0.1, 0.15) is 23.5 Å². The van der Waals surface area contributed by atoms with E-state index in [0.717, 1.165) is 12.3 Å². The van der Waals surface area contributed by atoms with Crippen LogP contribution in [-0.4, -0.2) is 20.0 Å². The van der Waals surface area contributed by atoms with Crippen LogP contribution >= 0.6 is 0 Å². The lowest BCUT2D eigenvalue weighted by Gasteiger charge is -2.13. The molecule has 2 aromatic carbocycles. The zero-order valence-electron chi connectivity index (χ0n) is 15.3. The maximum atomic E-state index is 12.9. The number of anilines is 1. The molecule has 0 bridgehead atoms. The SMILES string of the molecule is CCOc1ccccc1Oc1ccc(S(=O)(=O)Nc2ccc(F)cn2)cc1C#N. The Morgan fingerprint density at radius 1 is 1.10 bits per heavy atom. The van der Waals surface area contributed by atoms with Crippen molar-refractivity contribution < 1.29 is 22.3 Å². The molecule has 1 aromatic heterocycles. The third-order valence-corrected chi connectivity index (χ3v) is 5.07. The molecular weight excluding hydrogens is 397 g/mol. The highest BCUT2D eigenvalue weighted by Crippen LogP contribution is 2.33. The highest BCUT2D eigenvalue weighted by molar-refractivity contribution is 7.92. The minimum atomic E-state index is -4.03. The standard InChI is InChI=1S/C20H16FN3O4S/c1-2-27-18-5-3-4-6-19(18)28-17-9-8-16(11-14(17)12-22)29(25,26)24-20-10-7-15(21)13-23-20/h3-11,13H,2H2,1H3,(H,23,24). The summed E-state index contributed by atoms with van der Waals surface area (Å²) in [6.45, 7) is 2.27. The highest BCUT2D eigenvalue weighted by Gasteiger charge is 2.18. The molecule has 0 radical (unpaired) electrons. The minimum Gasteiger partial charge on any atom is -0.490 e. The molecule has 0 fully saturated rings. The van der Waals surface area contributed by atoms with Crippen LogP contribution in [0.25, 0.3) is 0 Å². The van der Waals surface area contributed by atoms with Gasteiger partial charge in [-0.3, -0.25) is 4.72 Å². The van der Waals surface area contributed by atoms with Crippen LogP contribution in [0, 0.1) is 17.1 Å². The van der Waals surface area contributed by atoms with Crippen molar-refractivity contribution in [3.63, 3.8) is 0 Å². The molecule has 1 N–H and O–H groups in total. The van der Waals surface area contributed by atoms with Gasteiger partial charge in [0.05, 0.1) is 23.3 Å². The predicted octanol–water partition coefficient (Wildman–Crippen LogP) is 4.08. The van der Waals surface area contributed by atoms with E-state index in [4.69, 9.17) is 9.47 Å². The van der Waals surface area contributed by atoms with Gasteiger partial charge in [0.2, 0.25) is 0 Å². The van der Waals surface area contributed by atoms with Gasteiger partial charge in [0.15, 0.2) is 11.5 Å². The lowest BCUT2D eigenvalue weighted by atomic mass is 10.2. The number of aromatic nitrogens is 1. The molecular formula is C20H16FN3O4S. The van der Waals surface area contributed by atoms with Crippen molar-refractivity contribution in [2.24, 2.45) is 0 Å². The molecule has 0 amide bonds. The monoisotopic (exact) mass is 413 g/mol. The zero-order valence-corrected chi connectivity index (χ0v) is 16.1. The molecule has 7 nitrogen and oxygen atoms in total. The number of ether oxygens (including phenoxy) is 2. The van der Waals surface area contributed by atoms with E-state index in [1.165, 1.54) is 24.3 Å². The smallest absolute Gasteiger partial charge is 0.263 e. The predicted molar refractivity (Wildman–Crippen MR) is 104 cm³/mol. The van der Waals surface area contributed by atoms with Crippen molar-refractivity contribution >= 4 is 15.8 Å². The number of nitrogens with one attached hydrogen (secondary N) is 1. The van der Waals surface area contributed by atoms with Crippen molar-refractivity contribution in [2.45, 2.75) is 11.8 Å². The lowest BCUT2D eigenvalue weighted by molar-refractivity contribution is 0.321. The second kappa shape index (κ2) is 8.58. The van der Waals surface area contributed by atoms with Crippen LogP contribution in [0.15, 0.2) is 65.7 Å². The van der Waals surface area contributed by atoms with E-state index in [1.54, 1.807) is 24.3 Å². The lowest BCUT2D eigenvalue weighted by Crippen LogP contribution is -2.14. The summed E-state index contributed by atoms with van der Waals surface area (Å²) in [5.41, 5.74) is 0.0197. The van der Waals surface area contributed by atoms with E-state index < -0.39 is 15.8 Å². The average Bonchev–Trinajstić information content (AvgIpc) is 2.71. The Bertz CT molecular complexity index is 1160. The van der Waals surface area contributed by atoms with Gasteiger partial charge in [0.25, 0.3) is 10.0 Å². The molecule has 0 spiro atoms. The number of pyridine rings is 1. The normalized spacial score (nSPS) is 10.8. The summed E-state index contributed by atoms with van der Waals surface area (Å²) < 4.78 is 51.5. The second-order valence-electron chi connectivity index (χ2n) is 5.72. The first-order valence-electron chi connectivity index (χ1n) is 8.51. The molecule has 0 saturated carbocycles. The first-order chi connectivity index (χ1) is 13.9. The third-order valence-electron chi connectivity index (χ3n) is 3.72. The van der Waals surface area contributed by atoms with Gasteiger partial charge in [-0.2, -0.15) is 5.26 Å². The molecule has 0 atom stereocenters. The minimum absolute atomic E-state index is 0.0197. The van der Waals surface area contributed by atoms with Crippen molar-refractivity contribution in [1.29, 1.82) is 5.26 Å². The van der Waals surface area contributed by atoms with E-state index in [0.29, 0.717) is 18.1 Å². The maximum Gasteiger partial charge on any atom is 0.263 e. The fraction of sp³-hybridized carbons (Fsp3) is 0.100. The number of sulfonamides is 1. The largest absolute Gasteiger partial charge is 0.490 e. The molecule has 3 rings (SSSR count). The van der Waals surface area contributed by atoms with Crippen molar-refractivity contribution in [3.05, 3.63) is 72.2 Å². The molecule has 0 unspecified atom stereocenters. The van der Waals surface area contributed by atoms with Gasteiger partial charge in [-0.25, -0.2) is 17.8 Å². The van der Waals surface area contributed by atoms with Crippen LogP contribution in [0.3, 0.4) is 0 Å². The van der Waals surface area contributed by atoms with Crippen LogP contribution in [0.2, 0.25) is 0 Å². The summed E-state index contributed by atoms with van der Waals surface area (Å²) in [7, 11) is -4.03. The Labute approximate surface area is 167 Å². The fourth-order valence-corrected chi connectivity index (χ4v) is 3.45. The summed E-state index contributed by atoms with van der Waals surface area (Å²) in [5, 5.41) is 9.45. The zero-order chi connectivity index (χ0) is 20.9. The van der Waals surface area contributed by atoms with Crippen LogP contribution in [0.5, 0.6) is 17.2 Å². The van der Waals surface area contributed by atoms with Crippen molar-refractivity contribution in [2.75, 3.05) is 11.3 Å². The number of nitrogens with zero attached hydrogens (tertiary/aromatic N) is 2. The maximum absolute atomic E-state index is 12.9. The fourth-order valence-electron chi connectivity index (χ4n) is 2.41. The molecule has 0 saturated heterocycles. The highest BCUT2D eigenvalue weighted by atomic mass is 32.2. The Balaban J connectivity index is 1.89. The van der Waals surface area contributed by atoms with Crippen LogP contribution < -0.4 is 14.2 Å². The van der Waals surface area contributed by atoms with Gasteiger partial charge in [0, 0.05) is 0 Å². The molecule has 3 aromatic rings. The van der Waals surface area contributed by atoms with Crippen LogP contribution in [-0.2, 0) is 10.0 Å². The van der Waals surface area contributed by atoms with E-state index in [-0.39, 0.29) is 22.0 Å². The number of halogens is 1. The molecule has 0 aliphatic carbocycles. The second-order valence-corrected chi connectivity index (χ2v) is 7.40. The van der Waals surface area contributed by atoms with Gasteiger partial charge in [-0.15, -0.1) is 0 Å². The number of hydrogen-bond acceptors (Lipinski definition) is 6. The quantitative estimate of drug-likeness (QED) is 0.626. The Hall–Kier alpha value is -3.64. The van der Waals surface area contributed by atoms with Gasteiger partial charge in [-0.05, 0) is 49.4 Å². The first-order valence-corrected chi connectivity index (χ1v) is 9.99. The van der Waals surface area contributed by atoms with E-state index in [2.05, 4.69) is 9.71 Å². The number of nitriles is 1. The first kappa shape index (κ1) is 20.1. The Morgan fingerprint density at radius 3 is 2.52 bits per heavy atom. The molecule has 0 aliphatic heterocycles. The summed E-state index contributed by atoms with van der Waals surface area (Å²) >= 11 is 0. The van der Waals surface area contributed by atoms with Crippen LogP contribution in [0.4, 0.5) is 10.2 Å². The van der Waals surface area contributed by atoms with E-state index in [9.17, 15) is 18.1 Å². The molecule has 1 heterocycles. The van der Waals surface area contributed by atoms with Gasteiger partial charge in [-0.1, -0.05) is 12.1 Å². The summed E-state index contributed by atoms with van der Waals surface area (Å²) in [4.78, 5) is 3.50. The number of hydrogen-bond donors (Lipinski definition) is 1. The van der Waals surface area contributed by atoms with Crippen molar-refractivity contribution in [1.82, 2.24) is 4.98 Å².